The average Bonchev–Trinajstić information content (AvgIpc) is 3.08. The number of aromatic nitrogens is 3. The van der Waals surface area contributed by atoms with Gasteiger partial charge in [-0.05, 0) is 25.8 Å². The summed E-state index contributed by atoms with van der Waals surface area (Å²) in [5.74, 6) is 0.141. The van der Waals surface area contributed by atoms with Crippen LogP contribution in [0, 0.1) is 0 Å². The van der Waals surface area contributed by atoms with E-state index in [2.05, 4.69) is 10.2 Å². The molecule has 112 valence electrons. The molecule has 0 aliphatic carbocycles. The summed E-state index contributed by atoms with van der Waals surface area (Å²) in [5, 5.41) is 9.51. The second-order valence-corrected chi connectivity index (χ2v) is 7.13. The molecule has 3 heterocycles. The van der Waals surface area contributed by atoms with Crippen LogP contribution < -0.4 is 0 Å². The Morgan fingerprint density at radius 1 is 1.33 bits per heavy atom. The van der Waals surface area contributed by atoms with Crippen LogP contribution in [0.3, 0.4) is 0 Å². The first-order valence-electron chi connectivity index (χ1n) is 6.71. The van der Waals surface area contributed by atoms with Gasteiger partial charge in [0.15, 0.2) is 10.8 Å². The molecule has 0 bridgehead atoms. The quantitative estimate of drug-likeness (QED) is 0.802. The molecule has 0 N–H and O–H groups in total. The van der Waals surface area contributed by atoms with Crippen molar-refractivity contribution in [1.82, 2.24) is 19.5 Å². The highest BCUT2D eigenvalue weighted by Crippen LogP contribution is 2.28. The summed E-state index contributed by atoms with van der Waals surface area (Å²) in [6.45, 7) is 3.59. The van der Waals surface area contributed by atoms with Crippen LogP contribution in [0.25, 0.3) is 5.65 Å². The fourth-order valence-electron chi connectivity index (χ4n) is 2.39. The Labute approximate surface area is 136 Å². The number of pyridine rings is 1. The van der Waals surface area contributed by atoms with E-state index >= 15 is 0 Å². The van der Waals surface area contributed by atoms with Crippen molar-refractivity contribution in [1.29, 1.82) is 0 Å². The number of hydrogen-bond acceptors (Lipinski definition) is 4. The molecule has 0 unspecified atom stereocenters. The Morgan fingerprint density at radius 2 is 2.05 bits per heavy atom. The molecule has 21 heavy (non-hydrogen) atoms. The minimum absolute atomic E-state index is 0.141. The number of rotatable bonds is 3. The van der Waals surface area contributed by atoms with Crippen molar-refractivity contribution in [3.8, 4) is 0 Å². The number of carbonyl (C=O) groups excluding carboxylic acids is 1. The van der Waals surface area contributed by atoms with Crippen molar-refractivity contribution in [2.75, 3.05) is 13.1 Å². The number of fused-ring (bicyclic) bond motifs is 1. The van der Waals surface area contributed by atoms with Gasteiger partial charge in [-0.1, -0.05) is 35.0 Å². The highest BCUT2D eigenvalue weighted by Gasteiger charge is 2.25. The predicted octanol–water partition coefficient (Wildman–Crippen LogP) is 3.14. The maximum absolute atomic E-state index is 12.3. The Kier molecular flexibility index (Phi) is 4.28. The first-order valence-corrected chi connectivity index (χ1v) is 8.35. The molecule has 8 heteroatoms. The Hall–Kier alpha value is -0.980. The maximum atomic E-state index is 12.3. The molecular weight excluding hydrogens is 331 g/mol. The maximum Gasteiger partial charge on any atom is 0.235 e. The third kappa shape index (κ3) is 2.98. The highest BCUT2D eigenvalue weighted by atomic mass is 35.5. The van der Waals surface area contributed by atoms with Crippen LogP contribution in [-0.2, 0) is 4.79 Å². The minimum atomic E-state index is -0.215. The van der Waals surface area contributed by atoms with Gasteiger partial charge in [-0.25, -0.2) is 0 Å². The van der Waals surface area contributed by atoms with Gasteiger partial charge in [0.2, 0.25) is 5.91 Å². The summed E-state index contributed by atoms with van der Waals surface area (Å²) in [6, 6.07) is 1.63. The topological polar surface area (TPSA) is 50.5 Å². The second-order valence-electron chi connectivity index (χ2n) is 4.97. The summed E-state index contributed by atoms with van der Waals surface area (Å²) in [7, 11) is 0. The summed E-state index contributed by atoms with van der Waals surface area (Å²) >= 11 is 13.5. The van der Waals surface area contributed by atoms with Crippen LogP contribution in [0.5, 0.6) is 0 Å². The summed E-state index contributed by atoms with van der Waals surface area (Å²) in [6.07, 6.45) is 3.88. The molecule has 1 fully saturated rings. The highest BCUT2D eigenvalue weighted by molar-refractivity contribution is 8.00. The van der Waals surface area contributed by atoms with Gasteiger partial charge in [0.25, 0.3) is 0 Å². The number of likely N-dealkylation sites (tertiary alicyclic amines) is 1. The van der Waals surface area contributed by atoms with Crippen molar-refractivity contribution in [2.24, 2.45) is 0 Å². The second kappa shape index (κ2) is 6.02. The van der Waals surface area contributed by atoms with E-state index in [4.69, 9.17) is 23.2 Å². The van der Waals surface area contributed by atoms with Crippen molar-refractivity contribution < 1.29 is 4.79 Å². The molecule has 1 atom stereocenters. The SMILES string of the molecule is C[C@@H](Sc1nnc2c(Cl)cc(Cl)cn12)C(=O)N1CCCC1. The van der Waals surface area contributed by atoms with Gasteiger partial charge in [0, 0.05) is 19.3 Å². The molecule has 0 radical (unpaired) electrons. The lowest BCUT2D eigenvalue weighted by molar-refractivity contribution is -0.129. The average molecular weight is 345 g/mol. The number of carbonyl (C=O) groups is 1. The van der Waals surface area contributed by atoms with E-state index in [9.17, 15) is 4.79 Å². The zero-order chi connectivity index (χ0) is 15.0. The molecule has 2 aromatic rings. The molecule has 5 nitrogen and oxygen atoms in total. The van der Waals surface area contributed by atoms with Crippen LogP contribution in [0.4, 0.5) is 0 Å². The van der Waals surface area contributed by atoms with E-state index < -0.39 is 0 Å². The third-order valence-corrected chi connectivity index (χ3v) is 4.97. The van der Waals surface area contributed by atoms with E-state index in [1.807, 2.05) is 11.8 Å². The lowest BCUT2D eigenvalue weighted by Crippen LogP contribution is -2.34. The number of nitrogens with zero attached hydrogens (tertiary/aromatic N) is 4. The molecule has 3 rings (SSSR count). The Bertz CT molecular complexity index is 684. The summed E-state index contributed by atoms with van der Waals surface area (Å²) in [4.78, 5) is 14.2. The van der Waals surface area contributed by atoms with Crippen LogP contribution in [0.1, 0.15) is 19.8 Å². The van der Waals surface area contributed by atoms with Gasteiger partial charge in [-0.3, -0.25) is 9.20 Å². The lowest BCUT2D eigenvalue weighted by atomic mass is 10.4. The molecular formula is C13H14Cl2N4OS. The smallest absolute Gasteiger partial charge is 0.235 e. The van der Waals surface area contributed by atoms with Crippen molar-refractivity contribution in [3.05, 3.63) is 22.3 Å². The molecule has 1 aliphatic heterocycles. The van der Waals surface area contributed by atoms with E-state index in [0.29, 0.717) is 20.8 Å². The Balaban J connectivity index is 1.82. The molecule has 0 saturated carbocycles. The number of amides is 1. The molecule has 0 aromatic carbocycles. The fraction of sp³-hybridized carbons (Fsp3) is 0.462. The first kappa shape index (κ1) is 14.9. The van der Waals surface area contributed by atoms with Gasteiger partial charge < -0.3 is 4.90 Å². The van der Waals surface area contributed by atoms with Crippen molar-refractivity contribution >= 4 is 46.5 Å². The van der Waals surface area contributed by atoms with Crippen LogP contribution in [0.2, 0.25) is 10.0 Å². The van der Waals surface area contributed by atoms with E-state index in [1.165, 1.54) is 11.8 Å². The molecule has 1 saturated heterocycles. The normalized spacial score (nSPS) is 16.6. The van der Waals surface area contributed by atoms with Crippen molar-refractivity contribution in [2.45, 2.75) is 30.2 Å². The third-order valence-electron chi connectivity index (χ3n) is 3.44. The van der Waals surface area contributed by atoms with Gasteiger partial charge in [0.05, 0.1) is 15.3 Å². The molecule has 1 aliphatic rings. The van der Waals surface area contributed by atoms with Gasteiger partial charge in [-0.2, -0.15) is 0 Å². The van der Waals surface area contributed by atoms with E-state index in [1.54, 1.807) is 16.7 Å². The largest absolute Gasteiger partial charge is 0.342 e. The van der Waals surface area contributed by atoms with Crippen LogP contribution in [-0.4, -0.2) is 43.7 Å². The van der Waals surface area contributed by atoms with Crippen LogP contribution >= 0.6 is 35.0 Å². The summed E-state index contributed by atoms with van der Waals surface area (Å²) < 4.78 is 1.73. The molecule has 2 aromatic heterocycles. The number of thioether (sulfide) groups is 1. The fourth-order valence-corrected chi connectivity index (χ4v) is 3.80. The van der Waals surface area contributed by atoms with Crippen molar-refractivity contribution in [3.63, 3.8) is 0 Å². The van der Waals surface area contributed by atoms with Gasteiger partial charge >= 0.3 is 0 Å². The molecule has 1 amide bonds. The summed E-state index contributed by atoms with van der Waals surface area (Å²) in [5.41, 5.74) is 0.546. The van der Waals surface area contributed by atoms with Gasteiger partial charge in [-0.15, -0.1) is 10.2 Å². The monoisotopic (exact) mass is 344 g/mol. The van der Waals surface area contributed by atoms with E-state index in [-0.39, 0.29) is 11.2 Å². The zero-order valence-electron chi connectivity index (χ0n) is 11.4. The lowest BCUT2D eigenvalue weighted by Gasteiger charge is -2.19. The first-order chi connectivity index (χ1) is 10.1. The standard InChI is InChI=1S/C13H14Cl2N4OS/c1-8(12(20)18-4-2-3-5-18)21-13-17-16-11-10(15)6-9(14)7-19(11)13/h6-8H,2-5H2,1H3/t8-/m1/s1. The zero-order valence-corrected chi connectivity index (χ0v) is 13.8. The molecule has 0 spiro atoms. The van der Waals surface area contributed by atoms with E-state index in [0.717, 1.165) is 25.9 Å². The number of hydrogen-bond donors (Lipinski definition) is 0. The van der Waals surface area contributed by atoms with Crippen LogP contribution in [0.15, 0.2) is 17.4 Å². The minimum Gasteiger partial charge on any atom is -0.342 e. The predicted molar refractivity (Wildman–Crippen MR) is 84.1 cm³/mol. The Morgan fingerprint density at radius 3 is 2.76 bits per heavy atom. The van der Waals surface area contributed by atoms with Gasteiger partial charge in [0.1, 0.15) is 0 Å². The number of halogens is 2.